The molecule has 1 unspecified atom stereocenters. The number of nitrogens with two attached hydrogens (primary N) is 1. The molecule has 0 heterocycles. The zero-order chi connectivity index (χ0) is 9.68. The molecule has 0 aliphatic heterocycles. The van der Waals surface area contributed by atoms with E-state index < -0.39 is 12.0 Å². The van der Waals surface area contributed by atoms with Crippen LogP contribution in [0.2, 0.25) is 0 Å². The number of carbonyl (C=O) groups is 1. The highest BCUT2D eigenvalue weighted by atomic mass is 35.5. The van der Waals surface area contributed by atoms with E-state index >= 15 is 0 Å². The summed E-state index contributed by atoms with van der Waals surface area (Å²) in [6.45, 7) is 0. The van der Waals surface area contributed by atoms with Gasteiger partial charge in [0.05, 0.1) is 7.11 Å². The van der Waals surface area contributed by atoms with Gasteiger partial charge in [0.2, 0.25) is 0 Å². The molecule has 0 saturated carbocycles. The lowest BCUT2D eigenvalue weighted by Crippen LogP contribution is -2.34. The molecule has 0 bridgehead atoms. The summed E-state index contributed by atoms with van der Waals surface area (Å²) < 4.78 is 4.58. The standard InChI is InChI=1S/C9H12N2O2.ClH/c1-13-9(12)8(11-10)7-5-3-2-4-6-7;/h2-6,8,11H,10H2,1H3;1H. The molecule has 1 atom stereocenters. The van der Waals surface area contributed by atoms with Crippen LogP contribution in [-0.2, 0) is 9.53 Å². The molecule has 0 aromatic heterocycles. The Morgan fingerprint density at radius 3 is 2.43 bits per heavy atom. The maximum atomic E-state index is 11.2. The topological polar surface area (TPSA) is 64.3 Å². The number of halogens is 1. The van der Waals surface area contributed by atoms with Gasteiger partial charge in [-0.1, -0.05) is 30.3 Å². The summed E-state index contributed by atoms with van der Waals surface area (Å²) in [5.74, 6) is 4.84. The van der Waals surface area contributed by atoms with Crippen LogP contribution in [0.15, 0.2) is 30.3 Å². The van der Waals surface area contributed by atoms with Gasteiger partial charge in [-0.05, 0) is 5.56 Å². The average molecular weight is 217 g/mol. The Morgan fingerprint density at radius 2 is 2.00 bits per heavy atom. The van der Waals surface area contributed by atoms with Crippen molar-refractivity contribution in [1.29, 1.82) is 0 Å². The molecule has 0 saturated heterocycles. The first-order valence-corrected chi connectivity index (χ1v) is 3.88. The average Bonchev–Trinajstić information content (AvgIpc) is 2.20. The van der Waals surface area contributed by atoms with Crippen LogP contribution in [0, 0.1) is 0 Å². The van der Waals surface area contributed by atoms with Gasteiger partial charge < -0.3 is 4.74 Å². The van der Waals surface area contributed by atoms with E-state index in [9.17, 15) is 4.79 Å². The van der Waals surface area contributed by atoms with Gasteiger partial charge in [0.15, 0.2) is 0 Å². The van der Waals surface area contributed by atoms with E-state index in [-0.39, 0.29) is 12.4 Å². The first-order valence-electron chi connectivity index (χ1n) is 3.88. The highest BCUT2D eigenvalue weighted by Gasteiger charge is 2.18. The molecule has 1 aromatic rings. The molecule has 14 heavy (non-hydrogen) atoms. The van der Waals surface area contributed by atoms with Crippen molar-refractivity contribution in [3.63, 3.8) is 0 Å². The fraction of sp³-hybridized carbons (Fsp3) is 0.222. The van der Waals surface area contributed by atoms with Crippen molar-refractivity contribution in [1.82, 2.24) is 5.43 Å². The lowest BCUT2D eigenvalue weighted by Gasteiger charge is -2.12. The SMILES string of the molecule is COC(=O)C(NN)c1ccccc1.Cl. The molecule has 0 spiro atoms. The van der Waals surface area contributed by atoms with Crippen LogP contribution < -0.4 is 11.3 Å². The lowest BCUT2D eigenvalue weighted by molar-refractivity contribution is -0.143. The van der Waals surface area contributed by atoms with E-state index in [0.29, 0.717) is 0 Å². The van der Waals surface area contributed by atoms with Crippen molar-refractivity contribution in [2.24, 2.45) is 5.84 Å². The van der Waals surface area contributed by atoms with E-state index in [1.165, 1.54) is 7.11 Å². The zero-order valence-electron chi connectivity index (χ0n) is 7.77. The minimum absolute atomic E-state index is 0. The van der Waals surface area contributed by atoms with Crippen molar-refractivity contribution in [3.05, 3.63) is 35.9 Å². The summed E-state index contributed by atoms with van der Waals surface area (Å²) in [6, 6.07) is 8.56. The molecule has 78 valence electrons. The molecule has 0 aliphatic carbocycles. The highest BCUT2D eigenvalue weighted by molar-refractivity contribution is 5.85. The monoisotopic (exact) mass is 216 g/mol. The molecule has 5 heteroatoms. The lowest BCUT2D eigenvalue weighted by atomic mass is 10.1. The Hall–Kier alpha value is -1.10. The van der Waals surface area contributed by atoms with Crippen LogP contribution in [0.4, 0.5) is 0 Å². The summed E-state index contributed by atoms with van der Waals surface area (Å²) in [6.07, 6.45) is 0. The normalized spacial score (nSPS) is 11.3. The highest BCUT2D eigenvalue weighted by Crippen LogP contribution is 2.12. The third-order valence-corrected chi connectivity index (χ3v) is 1.74. The minimum Gasteiger partial charge on any atom is -0.468 e. The smallest absolute Gasteiger partial charge is 0.328 e. The van der Waals surface area contributed by atoms with E-state index in [0.717, 1.165) is 5.56 Å². The summed E-state index contributed by atoms with van der Waals surface area (Å²) >= 11 is 0. The van der Waals surface area contributed by atoms with E-state index in [1.54, 1.807) is 12.1 Å². The van der Waals surface area contributed by atoms with Crippen LogP contribution >= 0.6 is 12.4 Å². The van der Waals surface area contributed by atoms with Crippen LogP contribution in [-0.4, -0.2) is 13.1 Å². The van der Waals surface area contributed by atoms with Gasteiger partial charge in [0, 0.05) is 0 Å². The Bertz CT molecular complexity index is 279. The molecule has 1 rings (SSSR count). The zero-order valence-corrected chi connectivity index (χ0v) is 8.58. The van der Waals surface area contributed by atoms with Gasteiger partial charge in [-0.2, -0.15) is 0 Å². The number of methoxy groups -OCH3 is 1. The number of nitrogens with one attached hydrogen (secondary N) is 1. The number of hydrogen-bond acceptors (Lipinski definition) is 4. The van der Waals surface area contributed by atoms with E-state index in [4.69, 9.17) is 5.84 Å². The van der Waals surface area contributed by atoms with Crippen molar-refractivity contribution in [2.45, 2.75) is 6.04 Å². The predicted molar refractivity (Wildman–Crippen MR) is 55.8 cm³/mol. The molecule has 0 radical (unpaired) electrons. The van der Waals surface area contributed by atoms with Crippen LogP contribution in [0.1, 0.15) is 11.6 Å². The summed E-state index contributed by atoms with van der Waals surface area (Å²) in [4.78, 5) is 11.2. The third kappa shape index (κ3) is 2.99. The number of ether oxygens (including phenoxy) is 1. The van der Waals surface area contributed by atoms with Gasteiger partial charge in [-0.25, -0.2) is 10.2 Å². The maximum absolute atomic E-state index is 11.2. The molecular formula is C9H13ClN2O2. The first-order chi connectivity index (χ1) is 6.29. The minimum atomic E-state index is -0.591. The van der Waals surface area contributed by atoms with Crippen molar-refractivity contribution in [2.75, 3.05) is 7.11 Å². The quantitative estimate of drug-likeness (QED) is 0.446. The Labute approximate surface area is 88.8 Å². The first kappa shape index (κ1) is 12.9. The predicted octanol–water partition coefficient (Wildman–Crippen LogP) is 0.786. The second-order valence-electron chi connectivity index (χ2n) is 2.53. The van der Waals surface area contributed by atoms with Gasteiger partial charge in [0.25, 0.3) is 0 Å². The van der Waals surface area contributed by atoms with Crippen LogP contribution in [0.5, 0.6) is 0 Å². The van der Waals surface area contributed by atoms with Crippen molar-refractivity contribution < 1.29 is 9.53 Å². The molecule has 1 aromatic carbocycles. The third-order valence-electron chi connectivity index (χ3n) is 1.74. The summed E-state index contributed by atoms with van der Waals surface area (Å²) in [5, 5.41) is 0. The molecule has 0 aliphatic rings. The summed E-state index contributed by atoms with van der Waals surface area (Å²) in [7, 11) is 1.33. The molecule has 4 nitrogen and oxygen atoms in total. The number of esters is 1. The van der Waals surface area contributed by atoms with E-state index in [2.05, 4.69) is 10.2 Å². The van der Waals surface area contributed by atoms with Crippen LogP contribution in [0.3, 0.4) is 0 Å². The number of benzene rings is 1. The molecule has 0 fully saturated rings. The number of hydrazine groups is 1. The molecular weight excluding hydrogens is 204 g/mol. The van der Waals surface area contributed by atoms with Gasteiger partial charge in [-0.3, -0.25) is 5.84 Å². The summed E-state index contributed by atoms with van der Waals surface area (Å²) in [5.41, 5.74) is 3.18. The van der Waals surface area contributed by atoms with Gasteiger partial charge in [-0.15, -0.1) is 12.4 Å². The second-order valence-corrected chi connectivity index (χ2v) is 2.53. The number of rotatable bonds is 3. The van der Waals surface area contributed by atoms with Crippen LogP contribution in [0.25, 0.3) is 0 Å². The number of hydrogen-bond donors (Lipinski definition) is 2. The largest absolute Gasteiger partial charge is 0.468 e. The van der Waals surface area contributed by atoms with Gasteiger partial charge in [0.1, 0.15) is 6.04 Å². The van der Waals surface area contributed by atoms with Crippen molar-refractivity contribution >= 4 is 18.4 Å². The molecule has 3 N–H and O–H groups in total. The van der Waals surface area contributed by atoms with Crippen molar-refractivity contribution in [3.8, 4) is 0 Å². The maximum Gasteiger partial charge on any atom is 0.328 e. The number of carbonyl (C=O) groups excluding carboxylic acids is 1. The Kier molecular flexibility index (Phi) is 5.87. The second kappa shape index (κ2) is 6.37. The Balaban J connectivity index is 0.00000169. The van der Waals surface area contributed by atoms with Gasteiger partial charge >= 0.3 is 5.97 Å². The van der Waals surface area contributed by atoms with E-state index in [1.807, 2.05) is 18.2 Å². The molecule has 0 amide bonds. The fourth-order valence-electron chi connectivity index (χ4n) is 1.06. The fourth-order valence-corrected chi connectivity index (χ4v) is 1.06. The Morgan fingerprint density at radius 1 is 1.43 bits per heavy atom.